The fourth-order valence-electron chi connectivity index (χ4n) is 0.967. The number of methoxy groups -OCH3 is 1. The van der Waals surface area contributed by atoms with Crippen molar-refractivity contribution in [2.24, 2.45) is 0 Å². The molecule has 5 nitrogen and oxygen atoms in total. The molecule has 1 fully saturated rings. The Labute approximate surface area is 89.5 Å². The molecule has 1 aromatic heterocycles. The molecule has 0 spiro atoms. The standard InChI is InChI=1S/C8H9BrN2O3/c1-12-7-6(9)2-10-8(11-7)14-5-3-13-4-5/h2,5H,3-4H2,1H3. The summed E-state index contributed by atoms with van der Waals surface area (Å²) in [6.07, 6.45) is 1.67. The van der Waals surface area contributed by atoms with Crippen molar-refractivity contribution in [1.82, 2.24) is 9.97 Å². The fraction of sp³-hybridized carbons (Fsp3) is 0.500. The maximum absolute atomic E-state index is 5.40. The molecule has 76 valence electrons. The fourth-order valence-corrected chi connectivity index (χ4v) is 1.32. The zero-order chi connectivity index (χ0) is 9.97. The molecule has 2 rings (SSSR count). The van der Waals surface area contributed by atoms with Crippen LogP contribution in [0.2, 0.25) is 0 Å². The summed E-state index contributed by atoms with van der Waals surface area (Å²) < 4.78 is 16.1. The maximum atomic E-state index is 5.40. The number of hydrogen-bond donors (Lipinski definition) is 0. The van der Waals surface area contributed by atoms with E-state index in [0.717, 1.165) is 0 Å². The largest absolute Gasteiger partial charge is 0.480 e. The van der Waals surface area contributed by atoms with Crippen LogP contribution in [0.4, 0.5) is 0 Å². The molecule has 0 N–H and O–H groups in total. The second-order valence-electron chi connectivity index (χ2n) is 2.79. The maximum Gasteiger partial charge on any atom is 0.320 e. The van der Waals surface area contributed by atoms with Crippen LogP contribution in [0, 0.1) is 0 Å². The van der Waals surface area contributed by atoms with Crippen molar-refractivity contribution in [1.29, 1.82) is 0 Å². The minimum atomic E-state index is 0.0703. The van der Waals surface area contributed by atoms with Gasteiger partial charge in [0.05, 0.1) is 31.0 Å². The van der Waals surface area contributed by atoms with Crippen LogP contribution in [0.3, 0.4) is 0 Å². The SMILES string of the molecule is COc1nc(OC2COC2)ncc1Br. The van der Waals surface area contributed by atoms with E-state index in [4.69, 9.17) is 14.2 Å². The predicted octanol–water partition coefficient (Wildman–Crippen LogP) is 1.03. The van der Waals surface area contributed by atoms with Crippen LogP contribution in [-0.4, -0.2) is 36.4 Å². The number of halogens is 1. The molecule has 1 aliphatic rings. The third kappa shape index (κ3) is 1.96. The van der Waals surface area contributed by atoms with Crippen LogP contribution >= 0.6 is 15.9 Å². The van der Waals surface area contributed by atoms with Gasteiger partial charge in [-0.15, -0.1) is 0 Å². The average Bonchev–Trinajstić information content (AvgIpc) is 2.14. The van der Waals surface area contributed by atoms with Gasteiger partial charge in [-0.1, -0.05) is 0 Å². The molecule has 0 aliphatic carbocycles. The highest BCUT2D eigenvalue weighted by molar-refractivity contribution is 9.10. The van der Waals surface area contributed by atoms with E-state index in [2.05, 4.69) is 25.9 Å². The van der Waals surface area contributed by atoms with Gasteiger partial charge in [-0.05, 0) is 15.9 Å². The Morgan fingerprint density at radius 2 is 2.36 bits per heavy atom. The molecule has 0 unspecified atom stereocenters. The number of nitrogens with zero attached hydrogens (tertiary/aromatic N) is 2. The zero-order valence-electron chi connectivity index (χ0n) is 7.57. The molecule has 0 radical (unpaired) electrons. The molecule has 0 atom stereocenters. The summed E-state index contributed by atoms with van der Waals surface area (Å²) in [5.41, 5.74) is 0. The van der Waals surface area contributed by atoms with Crippen LogP contribution in [0.15, 0.2) is 10.7 Å². The number of aromatic nitrogens is 2. The number of ether oxygens (including phenoxy) is 3. The molecule has 6 heteroatoms. The smallest absolute Gasteiger partial charge is 0.320 e. The van der Waals surface area contributed by atoms with Gasteiger partial charge in [-0.3, -0.25) is 0 Å². The summed E-state index contributed by atoms with van der Waals surface area (Å²) in [6.45, 7) is 1.20. The lowest BCUT2D eigenvalue weighted by atomic mass is 10.3. The van der Waals surface area contributed by atoms with Crippen molar-refractivity contribution in [3.63, 3.8) is 0 Å². The van der Waals surface area contributed by atoms with E-state index < -0.39 is 0 Å². The van der Waals surface area contributed by atoms with E-state index in [9.17, 15) is 0 Å². The normalized spacial score (nSPS) is 16.1. The van der Waals surface area contributed by atoms with E-state index >= 15 is 0 Å². The van der Waals surface area contributed by atoms with Crippen molar-refractivity contribution in [3.05, 3.63) is 10.7 Å². The van der Waals surface area contributed by atoms with Crippen molar-refractivity contribution < 1.29 is 14.2 Å². The van der Waals surface area contributed by atoms with Crippen LogP contribution in [0.1, 0.15) is 0 Å². The van der Waals surface area contributed by atoms with Crippen LogP contribution < -0.4 is 9.47 Å². The molecular weight excluding hydrogens is 252 g/mol. The molecule has 0 saturated carbocycles. The highest BCUT2D eigenvalue weighted by Gasteiger charge is 2.21. The molecule has 2 heterocycles. The second kappa shape index (κ2) is 4.10. The van der Waals surface area contributed by atoms with Crippen molar-refractivity contribution in [2.75, 3.05) is 20.3 Å². The van der Waals surface area contributed by atoms with E-state index in [-0.39, 0.29) is 6.10 Å². The van der Waals surface area contributed by atoms with Gasteiger partial charge in [-0.25, -0.2) is 4.98 Å². The Morgan fingerprint density at radius 3 is 2.93 bits per heavy atom. The molecule has 0 aromatic carbocycles. The molecule has 0 bridgehead atoms. The van der Waals surface area contributed by atoms with Gasteiger partial charge >= 0.3 is 6.01 Å². The summed E-state index contributed by atoms with van der Waals surface area (Å²) in [5, 5.41) is 0. The third-order valence-corrected chi connectivity index (χ3v) is 2.31. The van der Waals surface area contributed by atoms with Gasteiger partial charge in [0.1, 0.15) is 6.10 Å². The number of rotatable bonds is 3. The quantitative estimate of drug-likeness (QED) is 0.813. The van der Waals surface area contributed by atoms with E-state index in [1.807, 2.05) is 0 Å². The van der Waals surface area contributed by atoms with Crippen LogP contribution in [0.25, 0.3) is 0 Å². The van der Waals surface area contributed by atoms with Crippen molar-refractivity contribution >= 4 is 15.9 Å². The zero-order valence-corrected chi connectivity index (χ0v) is 9.15. The predicted molar refractivity (Wildman–Crippen MR) is 51.5 cm³/mol. The van der Waals surface area contributed by atoms with Gasteiger partial charge in [-0.2, -0.15) is 4.98 Å². The monoisotopic (exact) mass is 260 g/mol. The first kappa shape index (κ1) is 9.67. The summed E-state index contributed by atoms with van der Waals surface area (Å²) in [6, 6.07) is 0.318. The molecule has 0 amide bonds. The van der Waals surface area contributed by atoms with Crippen molar-refractivity contribution in [2.45, 2.75) is 6.10 Å². The molecular formula is C8H9BrN2O3. The topological polar surface area (TPSA) is 53.5 Å². The summed E-state index contributed by atoms with van der Waals surface area (Å²) in [7, 11) is 1.54. The van der Waals surface area contributed by atoms with Crippen LogP contribution in [0.5, 0.6) is 11.9 Å². The third-order valence-electron chi connectivity index (χ3n) is 1.76. The van der Waals surface area contributed by atoms with Crippen molar-refractivity contribution in [3.8, 4) is 11.9 Å². The minimum Gasteiger partial charge on any atom is -0.480 e. The minimum absolute atomic E-state index is 0.0703. The molecule has 1 saturated heterocycles. The summed E-state index contributed by atoms with van der Waals surface area (Å²) in [4.78, 5) is 8.05. The summed E-state index contributed by atoms with van der Waals surface area (Å²) in [5.74, 6) is 0.468. The van der Waals surface area contributed by atoms with Crippen LogP contribution in [-0.2, 0) is 4.74 Å². The molecule has 1 aliphatic heterocycles. The van der Waals surface area contributed by atoms with Gasteiger partial charge in [0.2, 0.25) is 5.88 Å². The van der Waals surface area contributed by atoms with E-state index in [1.165, 1.54) is 0 Å². The number of hydrogen-bond acceptors (Lipinski definition) is 5. The highest BCUT2D eigenvalue weighted by atomic mass is 79.9. The Balaban J connectivity index is 2.09. The highest BCUT2D eigenvalue weighted by Crippen LogP contribution is 2.23. The molecule has 14 heavy (non-hydrogen) atoms. The Hall–Kier alpha value is -0.880. The lowest BCUT2D eigenvalue weighted by Crippen LogP contribution is -2.39. The Kier molecular flexibility index (Phi) is 2.83. The lowest BCUT2D eigenvalue weighted by Gasteiger charge is -2.25. The first-order valence-corrected chi connectivity index (χ1v) is 4.90. The first-order valence-electron chi connectivity index (χ1n) is 4.10. The Bertz CT molecular complexity index is 330. The molecule has 1 aromatic rings. The van der Waals surface area contributed by atoms with E-state index in [1.54, 1.807) is 13.3 Å². The van der Waals surface area contributed by atoms with Gasteiger partial charge in [0, 0.05) is 0 Å². The van der Waals surface area contributed by atoms with Gasteiger partial charge in [0.25, 0.3) is 0 Å². The first-order chi connectivity index (χ1) is 6.79. The summed E-state index contributed by atoms with van der Waals surface area (Å²) >= 11 is 3.26. The van der Waals surface area contributed by atoms with Gasteiger partial charge < -0.3 is 14.2 Å². The average molecular weight is 261 g/mol. The Morgan fingerprint density at radius 1 is 1.57 bits per heavy atom. The van der Waals surface area contributed by atoms with E-state index in [0.29, 0.717) is 29.6 Å². The lowest BCUT2D eigenvalue weighted by molar-refractivity contribution is -0.0832. The van der Waals surface area contributed by atoms with Gasteiger partial charge in [0.15, 0.2) is 0 Å². The second-order valence-corrected chi connectivity index (χ2v) is 3.64.